The topological polar surface area (TPSA) is 52.8 Å². The number of methoxy groups -OCH3 is 1. The van der Waals surface area contributed by atoms with Gasteiger partial charge in [-0.25, -0.2) is 9.97 Å². The van der Waals surface area contributed by atoms with Crippen molar-refractivity contribution in [3.8, 4) is 5.88 Å². The molecule has 108 valence electrons. The van der Waals surface area contributed by atoms with Gasteiger partial charge >= 0.3 is 0 Å². The summed E-state index contributed by atoms with van der Waals surface area (Å²) in [4.78, 5) is 13.2. The van der Waals surface area contributed by atoms with Gasteiger partial charge in [-0.3, -0.25) is 0 Å². The molecule has 0 amide bonds. The van der Waals surface area contributed by atoms with Crippen molar-refractivity contribution in [1.82, 2.24) is 19.5 Å². The van der Waals surface area contributed by atoms with Crippen molar-refractivity contribution in [1.29, 1.82) is 0 Å². The molecule has 1 aliphatic carbocycles. The third-order valence-corrected chi connectivity index (χ3v) is 4.40. The first-order chi connectivity index (χ1) is 9.57. The SMILES string of the molecule is COc1ncnc2c1nc(C(C)Cl)n2C1(C)CCCC1. The van der Waals surface area contributed by atoms with Crippen molar-refractivity contribution in [3.05, 3.63) is 12.2 Å². The van der Waals surface area contributed by atoms with Gasteiger partial charge in [-0.1, -0.05) is 12.8 Å². The lowest BCUT2D eigenvalue weighted by molar-refractivity contribution is 0.326. The molecular formula is C14H19ClN4O. The van der Waals surface area contributed by atoms with E-state index >= 15 is 0 Å². The summed E-state index contributed by atoms with van der Waals surface area (Å²) in [6.45, 7) is 4.20. The number of hydrogen-bond donors (Lipinski definition) is 0. The Morgan fingerprint density at radius 2 is 2.05 bits per heavy atom. The zero-order chi connectivity index (χ0) is 14.3. The average molecular weight is 295 g/mol. The molecule has 0 spiro atoms. The Hall–Kier alpha value is -1.36. The van der Waals surface area contributed by atoms with E-state index in [1.165, 1.54) is 19.2 Å². The van der Waals surface area contributed by atoms with Crippen LogP contribution in [0.4, 0.5) is 0 Å². The van der Waals surface area contributed by atoms with Crippen LogP contribution in [-0.4, -0.2) is 26.6 Å². The summed E-state index contributed by atoms with van der Waals surface area (Å²) >= 11 is 6.34. The second-order valence-corrected chi connectivity index (χ2v) is 6.34. The second-order valence-electron chi connectivity index (χ2n) is 5.68. The van der Waals surface area contributed by atoms with E-state index in [9.17, 15) is 0 Å². The highest BCUT2D eigenvalue weighted by Crippen LogP contribution is 2.41. The number of hydrogen-bond acceptors (Lipinski definition) is 4. The van der Waals surface area contributed by atoms with E-state index in [2.05, 4.69) is 26.4 Å². The minimum atomic E-state index is -0.175. The Bertz CT molecular complexity index is 631. The second kappa shape index (κ2) is 4.88. The molecule has 1 fully saturated rings. The first-order valence-corrected chi connectivity index (χ1v) is 7.42. The summed E-state index contributed by atoms with van der Waals surface area (Å²) in [5.41, 5.74) is 1.56. The largest absolute Gasteiger partial charge is 0.479 e. The van der Waals surface area contributed by atoms with E-state index in [1.807, 2.05) is 6.92 Å². The van der Waals surface area contributed by atoms with Gasteiger partial charge in [0, 0.05) is 5.54 Å². The van der Waals surface area contributed by atoms with Gasteiger partial charge in [0.05, 0.1) is 12.5 Å². The van der Waals surface area contributed by atoms with Crippen molar-refractivity contribution < 1.29 is 4.74 Å². The number of fused-ring (bicyclic) bond motifs is 1. The van der Waals surface area contributed by atoms with Crippen molar-refractivity contribution in [3.63, 3.8) is 0 Å². The number of aromatic nitrogens is 4. The number of rotatable bonds is 3. The molecule has 0 radical (unpaired) electrons. The lowest BCUT2D eigenvalue weighted by Gasteiger charge is -2.28. The maximum atomic E-state index is 6.34. The third kappa shape index (κ3) is 1.95. The Kier molecular flexibility index (Phi) is 3.32. The van der Waals surface area contributed by atoms with Gasteiger partial charge in [-0.2, -0.15) is 4.98 Å². The van der Waals surface area contributed by atoms with Gasteiger partial charge < -0.3 is 9.30 Å². The van der Waals surface area contributed by atoms with Crippen LogP contribution in [0.15, 0.2) is 6.33 Å². The molecule has 1 atom stereocenters. The molecular weight excluding hydrogens is 276 g/mol. The smallest absolute Gasteiger partial charge is 0.245 e. The Labute approximate surface area is 123 Å². The lowest BCUT2D eigenvalue weighted by atomic mass is 10.00. The Morgan fingerprint density at radius 1 is 1.35 bits per heavy atom. The average Bonchev–Trinajstić information content (AvgIpc) is 3.02. The molecule has 0 aliphatic heterocycles. The van der Waals surface area contributed by atoms with Gasteiger partial charge in [-0.05, 0) is 26.7 Å². The minimum absolute atomic E-state index is 0.0343. The van der Waals surface area contributed by atoms with Crippen LogP contribution in [0.1, 0.15) is 50.7 Å². The van der Waals surface area contributed by atoms with Crippen LogP contribution in [0.25, 0.3) is 11.2 Å². The molecule has 6 heteroatoms. The van der Waals surface area contributed by atoms with E-state index in [1.54, 1.807) is 7.11 Å². The summed E-state index contributed by atoms with van der Waals surface area (Å²) in [6.07, 6.45) is 6.24. The zero-order valence-electron chi connectivity index (χ0n) is 12.1. The Balaban J connectivity index is 2.30. The molecule has 1 aliphatic rings. The van der Waals surface area contributed by atoms with E-state index in [4.69, 9.17) is 16.3 Å². The number of halogens is 1. The van der Waals surface area contributed by atoms with Crippen molar-refractivity contribution >= 4 is 22.8 Å². The fourth-order valence-electron chi connectivity index (χ4n) is 3.20. The van der Waals surface area contributed by atoms with E-state index in [0.29, 0.717) is 11.4 Å². The summed E-state index contributed by atoms with van der Waals surface area (Å²) in [5.74, 6) is 1.36. The lowest BCUT2D eigenvalue weighted by Crippen LogP contribution is -2.28. The van der Waals surface area contributed by atoms with Crippen LogP contribution in [0.5, 0.6) is 5.88 Å². The van der Waals surface area contributed by atoms with Crippen molar-refractivity contribution in [2.24, 2.45) is 0 Å². The summed E-state index contributed by atoms with van der Waals surface area (Å²) in [5, 5.41) is -0.175. The minimum Gasteiger partial charge on any atom is -0.479 e. The van der Waals surface area contributed by atoms with Crippen molar-refractivity contribution in [2.45, 2.75) is 50.4 Å². The quantitative estimate of drug-likeness (QED) is 0.814. The molecule has 0 N–H and O–H groups in total. The normalized spacial score (nSPS) is 19.4. The van der Waals surface area contributed by atoms with Crippen LogP contribution in [0.3, 0.4) is 0 Å². The first kappa shape index (κ1) is 13.6. The number of imidazole rings is 1. The highest BCUT2D eigenvalue weighted by Gasteiger charge is 2.36. The third-order valence-electron chi connectivity index (χ3n) is 4.21. The van der Waals surface area contributed by atoms with Crippen LogP contribution >= 0.6 is 11.6 Å². The fourth-order valence-corrected chi connectivity index (χ4v) is 3.34. The molecule has 5 nitrogen and oxygen atoms in total. The van der Waals surface area contributed by atoms with Crippen molar-refractivity contribution in [2.75, 3.05) is 7.11 Å². The van der Waals surface area contributed by atoms with E-state index < -0.39 is 0 Å². The van der Waals surface area contributed by atoms with Gasteiger partial charge in [-0.15, -0.1) is 11.6 Å². The maximum absolute atomic E-state index is 6.34. The molecule has 1 unspecified atom stereocenters. The van der Waals surface area contributed by atoms with E-state index in [-0.39, 0.29) is 10.9 Å². The molecule has 2 aromatic heterocycles. The first-order valence-electron chi connectivity index (χ1n) is 6.99. The predicted molar refractivity (Wildman–Crippen MR) is 78.3 cm³/mol. The summed E-state index contributed by atoms with van der Waals surface area (Å²) in [6, 6.07) is 0. The van der Waals surface area contributed by atoms with Crippen LogP contribution in [0.2, 0.25) is 0 Å². The molecule has 2 aromatic rings. The number of alkyl halides is 1. The van der Waals surface area contributed by atoms with Gasteiger partial charge in [0.25, 0.3) is 0 Å². The predicted octanol–water partition coefficient (Wildman–Crippen LogP) is 3.42. The number of ether oxygens (including phenoxy) is 1. The Morgan fingerprint density at radius 3 is 2.65 bits per heavy atom. The van der Waals surface area contributed by atoms with Gasteiger partial charge in [0.15, 0.2) is 11.2 Å². The monoisotopic (exact) mass is 294 g/mol. The molecule has 0 saturated heterocycles. The standard InChI is InChI=1S/C14H19ClN4O/c1-9(15)11-18-10-12(16-8-17-13(10)20-3)19(11)14(2)6-4-5-7-14/h8-9H,4-7H2,1-3H3. The highest BCUT2D eigenvalue weighted by atomic mass is 35.5. The number of nitrogens with zero attached hydrogens (tertiary/aromatic N) is 4. The molecule has 1 saturated carbocycles. The molecule has 20 heavy (non-hydrogen) atoms. The summed E-state index contributed by atoms with van der Waals surface area (Å²) in [7, 11) is 1.60. The van der Waals surface area contributed by atoms with Gasteiger partial charge in [0.2, 0.25) is 5.88 Å². The fraction of sp³-hybridized carbons (Fsp3) is 0.643. The molecule has 0 bridgehead atoms. The highest BCUT2D eigenvalue weighted by molar-refractivity contribution is 6.20. The molecule has 3 rings (SSSR count). The van der Waals surface area contributed by atoms with Crippen LogP contribution in [-0.2, 0) is 5.54 Å². The molecule has 2 heterocycles. The summed E-state index contributed by atoms with van der Waals surface area (Å²) < 4.78 is 7.51. The van der Waals surface area contributed by atoms with E-state index in [0.717, 1.165) is 24.3 Å². The van der Waals surface area contributed by atoms with Gasteiger partial charge in [0.1, 0.15) is 12.2 Å². The zero-order valence-corrected chi connectivity index (χ0v) is 12.8. The maximum Gasteiger partial charge on any atom is 0.245 e. The molecule has 0 aromatic carbocycles. The van der Waals surface area contributed by atoms with Crippen LogP contribution < -0.4 is 4.74 Å². The van der Waals surface area contributed by atoms with Crippen LogP contribution in [0, 0.1) is 0 Å².